The van der Waals surface area contributed by atoms with Crippen molar-refractivity contribution in [1.82, 2.24) is 4.90 Å². The van der Waals surface area contributed by atoms with Crippen molar-refractivity contribution < 1.29 is 36.2 Å². The highest BCUT2D eigenvalue weighted by Gasteiger charge is 2.50. The fraction of sp³-hybridized carbons (Fsp3) is 0.300. The number of rotatable bonds is 7. The number of hydrogen-bond acceptors (Lipinski definition) is 5. The zero-order chi connectivity index (χ0) is 22.9. The Kier molecular flexibility index (Phi) is 6.05. The lowest BCUT2D eigenvalue weighted by Gasteiger charge is -2.27. The van der Waals surface area contributed by atoms with Crippen LogP contribution in [0, 0.1) is 12.7 Å². The first-order valence-corrected chi connectivity index (χ1v) is 8.96. The second kappa shape index (κ2) is 8.40. The van der Waals surface area contributed by atoms with E-state index in [2.05, 4.69) is 9.73 Å². The Hall–Kier alpha value is -3.37. The summed E-state index contributed by atoms with van der Waals surface area (Å²) >= 11 is 0. The summed E-state index contributed by atoms with van der Waals surface area (Å²) in [6, 6.07) is 7.29. The van der Waals surface area contributed by atoms with Crippen molar-refractivity contribution in [3.8, 4) is 11.5 Å². The van der Waals surface area contributed by atoms with Crippen LogP contribution in [0.2, 0.25) is 0 Å². The van der Waals surface area contributed by atoms with Gasteiger partial charge in [0.2, 0.25) is 0 Å². The molecule has 0 saturated carbocycles. The van der Waals surface area contributed by atoms with Gasteiger partial charge in [-0.25, -0.2) is 18.2 Å². The van der Waals surface area contributed by atoms with Crippen LogP contribution in [0.4, 0.5) is 22.0 Å². The standard InChI is InChI=1S/C20H18F5N3O3/c1-10-7-11(4-6-14(10)31-18(24)25)20(17(29)28(2)19(26)27-20)12-3-5-13(21)15(8-12)30-9-16(22)23/h3-8,16,18H,9H2,1-2H3,(H2,26,27). The highest BCUT2D eigenvalue weighted by molar-refractivity contribution is 6.09. The first kappa shape index (κ1) is 22.3. The molecule has 0 saturated heterocycles. The second-order valence-electron chi connectivity index (χ2n) is 6.75. The van der Waals surface area contributed by atoms with Crippen LogP contribution >= 0.6 is 0 Å². The lowest BCUT2D eigenvalue weighted by molar-refractivity contribution is -0.129. The van der Waals surface area contributed by atoms with Crippen molar-refractivity contribution in [3.63, 3.8) is 0 Å². The van der Waals surface area contributed by atoms with Crippen molar-refractivity contribution in [3.05, 3.63) is 58.9 Å². The van der Waals surface area contributed by atoms with E-state index < -0.39 is 42.7 Å². The minimum atomic E-state index is -3.04. The van der Waals surface area contributed by atoms with Crippen LogP contribution in [0.5, 0.6) is 11.5 Å². The predicted octanol–water partition coefficient (Wildman–Crippen LogP) is 3.41. The van der Waals surface area contributed by atoms with Crippen molar-refractivity contribution in [1.29, 1.82) is 0 Å². The molecule has 1 atom stereocenters. The summed E-state index contributed by atoms with van der Waals surface area (Å²) in [7, 11) is 1.38. The zero-order valence-corrected chi connectivity index (χ0v) is 16.4. The zero-order valence-electron chi connectivity index (χ0n) is 16.4. The van der Waals surface area contributed by atoms with Crippen LogP contribution in [0.15, 0.2) is 41.4 Å². The molecule has 1 unspecified atom stereocenters. The Labute approximate surface area is 174 Å². The third-order valence-electron chi connectivity index (χ3n) is 4.76. The molecule has 1 amide bonds. The number of aliphatic imine (C=N–C) groups is 1. The van der Waals surface area contributed by atoms with Gasteiger partial charge >= 0.3 is 6.61 Å². The summed E-state index contributed by atoms with van der Waals surface area (Å²) < 4.78 is 73.6. The van der Waals surface area contributed by atoms with Gasteiger partial charge in [-0.3, -0.25) is 9.69 Å². The van der Waals surface area contributed by atoms with Crippen LogP contribution in [-0.4, -0.2) is 43.5 Å². The molecule has 0 radical (unpaired) electrons. The number of aryl methyl sites for hydroxylation is 1. The number of halogens is 5. The highest BCUT2D eigenvalue weighted by atomic mass is 19.3. The summed E-state index contributed by atoms with van der Waals surface area (Å²) in [5, 5.41) is 0. The summed E-state index contributed by atoms with van der Waals surface area (Å²) in [5.41, 5.74) is 4.65. The number of carbonyl (C=O) groups excluding carboxylic acids is 1. The molecule has 2 aromatic rings. The third kappa shape index (κ3) is 4.12. The average molecular weight is 443 g/mol. The van der Waals surface area contributed by atoms with Crippen molar-refractivity contribution in [2.24, 2.45) is 10.7 Å². The van der Waals surface area contributed by atoms with Crippen LogP contribution in [-0.2, 0) is 10.3 Å². The molecule has 0 aliphatic carbocycles. The molecule has 1 aliphatic rings. The lowest BCUT2D eigenvalue weighted by atomic mass is 9.82. The summed E-state index contributed by atoms with van der Waals surface area (Å²) in [6.07, 6.45) is -2.84. The molecule has 0 bridgehead atoms. The maximum absolute atomic E-state index is 14.1. The number of likely N-dealkylation sites (N-methyl/N-ethyl adjacent to an activating group) is 1. The predicted molar refractivity (Wildman–Crippen MR) is 101 cm³/mol. The first-order chi connectivity index (χ1) is 14.6. The number of carbonyl (C=O) groups is 1. The molecular weight excluding hydrogens is 425 g/mol. The normalized spacial score (nSPS) is 18.7. The maximum Gasteiger partial charge on any atom is 0.387 e. The number of ether oxygens (including phenoxy) is 2. The molecule has 1 aliphatic heterocycles. The van der Waals surface area contributed by atoms with E-state index in [-0.39, 0.29) is 28.4 Å². The molecule has 0 aromatic heterocycles. The Morgan fingerprint density at radius 1 is 1.10 bits per heavy atom. The molecule has 0 fully saturated rings. The minimum absolute atomic E-state index is 0.0948. The van der Waals surface area contributed by atoms with Crippen LogP contribution in [0.25, 0.3) is 0 Å². The van der Waals surface area contributed by atoms with Crippen molar-refractivity contribution in [2.45, 2.75) is 25.5 Å². The molecule has 2 aromatic carbocycles. The highest BCUT2D eigenvalue weighted by Crippen LogP contribution is 2.42. The monoisotopic (exact) mass is 443 g/mol. The van der Waals surface area contributed by atoms with E-state index in [9.17, 15) is 26.7 Å². The number of nitrogens with two attached hydrogens (primary N) is 1. The third-order valence-corrected chi connectivity index (χ3v) is 4.76. The van der Waals surface area contributed by atoms with Crippen molar-refractivity contribution >= 4 is 11.9 Å². The van der Waals surface area contributed by atoms with Gasteiger partial charge in [0.15, 0.2) is 23.1 Å². The van der Waals surface area contributed by atoms with E-state index in [0.29, 0.717) is 0 Å². The number of guanidine groups is 1. The number of nitrogens with zero attached hydrogens (tertiary/aromatic N) is 2. The van der Waals surface area contributed by atoms with E-state index in [4.69, 9.17) is 10.5 Å². The molecule has 31 heavy (non-hydrogen) atoms. The Balaban J connectivity index is 2.16. The number of benzene rings is 2. The molecular formula is C20H18F5N3O3. The summed E-state index contributed by atoms with van der Waals surface area (Å²) in [5.74, 6) is -2.27. The molecule has 0 spiro atoms. The number of amides is 1. The molecule has 2 N–H and O–H groups in total. The van der Waals surface area contributed by atoms with Gasteiger partial charge in [-0.15, -0.1) is 0 Å². The minimum Gasteiger partial charge on any atom is -0.485 e. The number of hydrogen-bond donors (Lipinski definition) is 1. The SMILES string of the molecule is Cc1cc(C2(c3ccc(F)c(OCC(F)F)c3)N=C(N)N(C)C2=O)ccc1OC(F)F. The molecule has 3 rings (SSSR count). The van der Waals surface area contributed by atoms with Gasteiger partial charge in [-0.05, 0) is 47.9 Å². The van der Waals surface area contributed by atoms with E-state index in [1.54, 1.807) is 0 Å². The second-order valence-corrected chi connectivity index (χ2v) is 6.75. The Bertz CT molecular complexity index is 1030. The maximum atomic E-state index is 14.1. The fourth-order valence-electron chi connectivity index (χ4n) is 3.28. The van der Waals surface area contributed by atoms with Gasteiger partial charge in [-0.1, -0.05) is 12.1 Å². The van der Waals surface area contributed by atoms with Gasteiger partial charge in [0.25, 0.3) is 12.3 Å². The fourth-order valence-corrected chi connectivity index (χ4v) is 3.28. The van der Waals surface area contributed by atoms with E-state index in [1.807, 2.05) is 0 Å². The Morgan fingerprint density at radius 2 is 1.74 bits per heavy atom. The van der Waals surface area contributed by atoms with E-state index in [0.717, 1.165) is 17.0 Å². The topological polar surface area (TPSA) is 77.2 Å². The molecule has 166 valence electrons. The van der Waals surface area contributed by atoms with E-state index in [1.165, 1.54) is 38.2 Å². The summed E-state index contributed by atoms with van der Waals surface area (Å²) in [6.45, 7) is -2.60. The lowest BCUT2D eigenvalue weighted by Crippen LogP contribution is -2.41. The van der Waals surface area contributed by atoms with Crippen LogP contribution < -0.4 is 15.2 Å². The van der Waals surface area contributed by atoms with Crippen molar-refractivity contribution in [2.75, 3.05) is 13.7 Å². The van der Waals surface area contributed by atoms with Gasteiger partial charge < -0.3 is 15.2 Å². The van der Waals surface area contributed by atoms with Gasteiger partial charge in [0, 0.05) is 7.05 Å². The quantitative estimate of drug-likeness (QED) is 0.666. The van der Waals surface area contributed by atoms with Gasteiger partial charge in [0.1, 0.15) is 12.4 Å². The summed E-state index contributed by atoms with van der Waals surface area (Å²) in [4.78, 5) is 18.5. The average Bonchev–Trinajstić information content (AvgIpc) is 2.93. The molecule has 1 heterocycles. The van der Waals surface area contributed by atoms with Gasteiger partial charge in [-0.2, -0.15) is 8.78 Å². The van der Waals surface area contributed by atoms with Crippen LogP contribution in [0.1, 0.15) is 16.7 Å². The molecule has 11 heteroatoms. The molecule has 6 nitrogen and oxygen atoms in total. The smallest absolute Gasteiger partial charge is 0.387 e. The largest absolute Gasteiger partial charge is 0.485 e. The van der Waals surface area contributed by atoms with Crippen LogP contribution in [0.3, 0.4) is 0 Å². The Morgan fingerprint density at radius 3 is 2.29 bits per heavy atom. The van der Waals surface area contributed by atoms with Gasteiger partial charge in [0.05, 0.1) is 0 Å². The van der Waals surface area contributed by atoms with E-state index >= 15 is 0 Å². The number of alkyl halides is 4. The first-order valence-electron chi connectivity index (χ1n) is 8.96.